The van der Waals surface area contributed by atoms with Gasteiger partial charge in [0.1, 0.15) is 0 Å². The molecule has 0 fully saturated rings. The third-order valence-corrected chi connectivity index (χ3v) is 3.60. The Balaban J connectivity index is 2.23. The highest BCUT2D eigenvalue weighted by Crippen LogP contribution is 2.26. The van der Waals surface area contributed by atoms with E-state index in [1.807, 2.05) is 12.1 Å². The molecule has 2 nitrogen and oxygen atoms in total. The van der Waals surface area contributed by atoms with E-state index in [0.29, 0.717) is 0 Å². The van der Waals surface area contributed by atoms with Crippen LogP contribution in [0, 0.1) is 3.57 Å². The first-order valence-electron chi connectivity index (χ1n) is 6.04. The summed E-state index contributed by atoms with van der Waals surface area (Å²) in [6.07, 6.45) is 0. The van der Waals surface area contributed by atoms with Crippen molar-refractivity contribution in [1.29, 1.82) is 0 Å². The molecule has 0 saturated heterocycles. The summed E-state index contributed by atoms with van der Waals surface area (Å²) >= 11 is 2.28. The molecule has 0 heterocycles. The van der Waals surface area contributed by atoms with Crippen LogP contribution in [0.5, 0.6) is 0 Å². The molecule has 0 bridgehead atoms. The van der Waals surface area contributed by atoms with Gasteiger partial charge in [0.15, 0.2) is 0 Å². The molecule has 18 heavy (non-hydrogen) atoms. The molecule has 2 aromatic rings. The van der Waals surface area contributed by atoms with Crippen molar-refractivity contribution in [3.05, 3.63) is 57.7 Å². The minimum Gasteiger partial charge on any atom is -0.397 e. The molecule has 0 spiro atoms. The van der Waals surface area contributed by atoms with Crippen LogP contribution >= 0.6 is 22.6 Å². The zero-order valence-electron chi connectivity index (χ0n) is 10.4. The van der Waals surface area contributed by atoms with E-state index in [9.17, 15) is 0 Å². The summed E-state index contributed by atoms with van der Waals surface area (Å²) in [7, 11) is 0. The third-order valence-electron chi connectivity index (χ3n) is 2.93. The monoisotopic (exact) mass is 352 g/mol. The Morgan fingerprint density at radius 1 is 1.11 bits per heavy atom. The molecule has 0 aliphatic heterocycles. The quantitative estimate of drug-likeness (QED) is 0.668. The minimum absolute atomic E-state index is 0.847. The Hall–Kier alpha value is -1.23. The van der Waals surface area contributed by atoms with E-state index in [2.05, 4.69) is 70.8 Å². The lowest BCUT2D eigenvalue weighted by molar-refractivity contribution is 0.833. The third kappa shape index (κ3) is 3.16. The fraction of sp³-hybridized carbons (Fsp3) is 0.200. The van der Waals surface area contributed by atoms with E-state index in [-0.39, 0.29) is 0 Å². The molecule has 2 N–H and O–H groups in total. The molecular formula is C15H17IN2. The molecule has 0 aliphatic rings. The second-order valence-electron chi connectivity index (χ2n) is 4.20. The average Bonchev–Trinajstić information content (AvgIpc) is 2.38. The molecule has 0 unspecified atom stereocenters. The Kier molecular flexibility index (Phi) is 4.47. The lowest BCUT2D eigenvalue weighted by atomic mass is 10.2. The van der Waals surface area contributed by atoms with Crippen LogP contribution in [0.1, 0.15) is 12.5 Å². The zero-order valence-corrected chi connectivity index (χ0v) is 12.6. The summed E-state index contributed by atoms with van der Waals surface area (Å²) in [4.78, 5) is 2.29. The van der Waals surface area contributed by atoms with Crippen molar-refractivity contribution < 1.29 is 0 Å². The van der Waals surface area contributed by atoms with Crippen LogP contribution in [0.25, 0.3) is 0 Å². The first kappa shape index (κ1) is 13.2. The predicted molar refractivity (Wildman–Crippen MR) is 86.7 cm³/mol. The summed E-state index contributed by atoms with van der Waals surface area (Å²) in [6, 6.07) is 16.7. The van der Waals surface area contributed by atoms with E-state index in [0.717, 1.165) is 24.5 Å². The van der Waals surface area contributed by atoms with Crippen LogP contribution < -0.4 is 10.6 Å². The Morgan fingerprint density at radius 3 is 2.44 bits per heavy atom. The number of rotatable bonds is 4. The summed E-state index contributed by atoms with van der Waals surface area (Å²) in [5, 5.41) is 0. The van der Waals surface area contributed by atoms with E-state index in [4.69, 9.17) is 5.73 Å². The predicted octanol–water partition coefficient (Wildman–Crippen LogP) is 3.90. The molecule has 94 valence electrons. The lowest BCUT2D eigenvalue weighted by Gasteiger charge is -2.24. The number of nitrogens with two attached hydrogens (primary N) is 1. The number of benzene rings is 2. The molecule has 3 heteroatoms. The highest BCUT2D eigenvalue weighted by atomic mass is 127. The summed E-state index contributed by atoms with van der Waals surface area (Å²) in [5.74, 6) is 0. The van der Waals surface area contributed by atoms with Gasteiger partial charge in [0.25, 0.3) is 0 Å². The molecule has 0 atom stereocenters. The SMILES string of the molecule is CCN(Cc1ccccc1)c1ccc(I)cc1N. The van der Waals surface area contributed by atoms with Crippen LogP contribution in [0.2, 0.25) is 0 Å². The highest BCUT2D eigenvalue weighted by molar-refractivity contribution is 14.1. The fourth-order valence-corrected chi connectivity index (χ4v) is 2.50. The largest absolute Gasteiger partial charge is 0.397 e. The minimum atomic E-state index is 0.847. The van der Waals surface area contributed by atoms with Crippen molar-refractivity contribution in [2.24, 2.45) is 0 Å². The van der Waals surface area contributed by atoms with E-state index in [1.165, 1.54) is 9.13 Å². The normalized spacial score (nSPS) is 10.3. The Labute approximate surface area is 122 Å². The van der Waals surface area contributed by atoms with Crippen LogP contribution in [-0.2, 0) is 6.54 Å². The summed E-state index contributed by atoms with van der Waals surface area (Å²) in [6.45, 7) is 3.99. The van der Waals surface area contributed by atoms with Gasteiger partial charge in [-0.1, -0.05) is 30.3 Å². The van der Waals surface area contributed by atoms with Crippen LogP contribution in [0.3, 0.4) is 0 Å². The van der Waals surface area contributed by atoms with E-state index >= 15 is 0 Å². The maximum atomic E-state index is 6.11. The van der Waals surface area contributed by atoms with Crippen LogP contribution in [-0.4, -0.2) is 6.54 Å². The van der Waals surface area contributed by atoms with Crippen molar-refractivity contribution in [3.63, 3.8) is 0 Å². The first-order valence-corrected chi connectivity index (χ1v) is 7.12. The van der Waals surface area contributed by atoms with Crippen molar-refractivity contribution >= 4 is 34.0 Å². The standard InChI is InChI=1S/C15H17IN2/c1-2-18(11-12-6-4-3-5-7-12)15-9-8-13(16)10-14(15)17/h3-10H,2,11,17H2,1H3. The second kappa shape index (κ2) is 6.09. The van der Waals surface area contributed by atoms with Crippen LogP contribution in [0.4, 0.5) is 11.4 Å². The number of halogens is 1. The van der Waals surface area contributed by atoms with Gasteiger partial charge in [0, 0.05) is 16.7 Å². The second-order valence-corrected chi connectivity index (χ2v) is 5.45. The molecule has 0 saturated carbocycles. The lowest BCUT2D eigenvalue weighted by Crippen LogP contribution is -2.23. The van der Waals surface area contributed by atoms with Gasteiger partial charge in [-0.15, -0.1) is 0 Å². The molecule has 0 amide bonds. The first-order chi connectivity index (χ1) is 8.70. The summed E-state index contributed by atoms with van der Waals surface area (Å²) in [5.41, 5.74) is 9.37. The van der Waals surface area contributed by atoms with Crippen molar-refractivity contribution in [2.75, 3.05) is 17.2 Å². The maximum absolute atomic E-state index is 6.11. The summed E-state index contributed by atoms with van der Waals surface area (Å²) < 4.78 is 1.17. The van der Waals surface area contributed by atoms with E-state index in [1.54, 1.807) is 0 Å². The van der Waals surface area contributed by atoms with Gasteiger partial charge in [-0.3, -0.25) is 0 Å². The smallest absolute Gasteiger partial charge is 0.0603 e. The van der Waals surface area contributed by atoms with Gasteiger partial charge in [-0.05, 0) is 53.3 Å². The number of nitrogen functional groups attached to an aromatic ring is 1. The molecule has 0 aliphatic carbocycles. The topological polar surface area (TPSA) is 29.3 Å². The Bertz CT molecular complexity index is 511. The molecule has 2 rings (SSSR count). The van der Waals surface area contributed by atoms with Gasteiger partial charge in [0.05, 0.1) is 11.4 Å². The average molecular weight is 352 g/mol. The number of nitrogens with zero attached hydrogens (tertiary/aromatic N) is 1. The van der Waals surface area contributed by atoms with Gasteiger partial charge in [0.2, 0.25) is 0 Å². The number of hydrogen-bond acceptors (Lipinski definition) is 2. The Morgan fingerprint density at radius 2 is 1.83 bits per heavy atom. The van der Waals surface area contributed by atoms with Crippen molar-refractivity contribution in [1.82, 2.24) is 0 Å². The highest BCUT2D eigenvalue weighted by Gasteiger charge is 2.08. The molecule has 0 aromatic heterocycles. The van der Waals surface area contributed by atoms with Gasteiger partial charge < -0.3 is 10.6 Å². The van der Waals surface area contributed by atoms with Gasteiger partial charge >= 0.3 is 0 Å². The van der Waals surface area contributed by atoms with Crippen LogP contribution in [0.15, 0.2) is 48.5 Å². The fourth-order valence-electron chi connectivity index (χ4n) is 1.98. The number of hydrogen-bond donors (Lipinski definition) is 1. The van der Waals surface area contributed by atoms with Crippen molar-refractivity contribution in [3.8, 4) is 0 Å². The molecule has 2 aromatic carbocycles. The maximum Gasteiger partial charge on any atom is 0.0603 e. The molecule has 0 radical (unpaired) electrons. The number of anilines is 2. The van der Waals surface area contributed by atoms with E-state index < -0.39 is 0 Å². The van der Waals surface area contributed by atoms with Gasteiger partial charge in [-0.2, -0.15) is 0 Å². The van der Waals surface area contributed by atoms with Gasteiger partial charge in [-0.25, -0.2) is 0 Å². The zero-order chi connectivity index (χ0) is 13.0. The molecular weight excluding hydrogens is 335 g/mol. The van der Waals surface area contributed by atoms with Crippen molar-refractivity contribution in [2.45, 2.75) is 13.5 Å².